The Kier molecular flexibility index (Phi) is 4.92. The molecule has 3 aromatic rings. The minimum atomic E-state index is -0.403. The lowest BCUT2D eigenvalue weighted by molar-refractivity contribution is 0.112. The van der Waals surface area contributed by atoms with Crippen LogP contribution in [0.25, 0.3) is 11.1 Å². The Morgan fingerprint density at radius 2 is 1.75 bits per heavy atom. The van der Waals surface area contributed by atoms with Gasteiger partial charge in [-0.25, -0.2) is 4.39 Å². The summed E-state index contributed by atoms with van der Waals surface area (Å²) < 4.78 is 19.5. The van der Waals surface area contributed by atoms with Gasteiger partial charge in [0.15, 0.2) is 0 Å². The van der Waals surface area contributed by atoms with Crippen LogP contribution < -0.4 is 4.74 Å². The van der Waals surface area contributed by atoms with Gasteiger partial charge in [0.2, 0.25) is 0 Å². The molecule has 0 aromatic heterocycles. The maximum Gasteiger partial charge on any atom is 0.150 e. The summed E-state index contributed by atoms with van der Waals surface area (Å²) in [5.41, 5.74) is 2.55. The van der Waals surface area contributed by atoms with Gasteiger partial charge in [-0.3, -0.25) is 4.79 Å². The molecule has 120 valence electrons. The van der Waals surface area contributed by atoms with Crippen LogP contribution in [-0.2, 0) is 6.61 Å². The maximum atomic E-state index is 13.6. The average Bonchev–Trinajstić information content (AvgIpc) is 2.63. The van der Waals surface area contributed by atoms with Crippen molar-refractivity contribution in [2.45, 2.75) is 6.61 Å². The lowest BCUT2D eigenvalue weighted by Crippen LogP contribution is -1.98. The molecule has 4 heteroatoms. The standard InChI is InChI=1S/C20H14ClFO2/c21-19-8-7-16(22)11-17(19)18-10-15(12-23)6-9-20(18)24-13-14-4-2-1-3-5-14/h1-12H,13H2. The van der Waals surface area contributed by atoms with Gasteiger partial charge in [0.1, 0.15) is 24.5 Å². The van der Waals surface area contributed by atoms with Crippen molar-refractivity contribution in [1.29, 1.82) is 0 Å². The Balaban J connectivity index is 2.00. The number of hydrogen-bond donors (Lipinski definition) is 0. The van der Waals surface area contributed by atoms with Gasteiger partial charge < -0.3 is 4.74 Å². The first-order chi connectivity index (χ1) is 11.7. The molecule has 0 aliphatic carbocycles. The van der Waals surface area contributed by atoms with Crippen LogP contribution in [0.3, 0.4) is 0 Å². The zero-order valence-corrected chi connectivity index (χ0v) is 13.5. The van der Waals surface area contributed by atoms with Crippen molar-refractivity contribution in [3.8, 4) is 16.9 Å². The Labute approximate surface area is 144 Å². The first-order valence-electron chi connectivity index (χ1n) is 7.39. The summed E-state index contributed by atoms with van der Waals surface area (Å²) in [5.74, 6) is 0.136. The van der Waals surface area contributed by atoms with Crippen LogP contribution in [-0.4, -0.2) is 6.29 Å². The molecule has 0 fully saturated rings. The van der Waals surface area contributed by atoms with Gasteiger partial charge in [-0.2, -0.15) is 0 Å². The molecule has 2 nitrogen and oxygen atoms in total. The van der Waals surface area contributed by atoms with Crippen molar-refractivity contribution in [2.24, 2.45) is 0 Å². The summed E-state index contributed by atoms with van der Waals surface area (Å²) in [6.07, 6.45) is 0.734. The Hall–Kier alpha value is -2.65. The van der Waals surface area contributed by atoms with E-state index in [2.05, 4.69) is 0 Å². The smallest absolute Gasteiger partial charge is 0.150 e. The second-order valence-electron chi connectivity index (χ2n) is 5.27. The van der Waals surface area contributed by atoms with Crippen LogP contribution >= 0.6 is 11.6 Å². The van der Waals surface area contributed by atoms with Crippen molar-refractivity contribution in [3.05, 3.63) is 88.7 Å². The summed E-state index contributed by atoms with van der Waals surface area (Å²) in [5, 5.41) is 0.393. The highest BCUT2D eigenvalue weighted by Gasteiger charge is 2.12. The molecular weight excluding hydrogens is 327 g/mol. The largest absolute Gasteiger partial charge is 0.488 e. The molecule has 0 saturated heterocycles. The Bertz CT molecular complexity index is 863. The summed E-state index contributed by atoms with van der Waals surface area (Å²) in [4.78, 5) is 11.1. The number of aldehydes is 1. The molecule has 0 radical (unpaired) electrons. The third kappa shape index (κ3) is 3.63. The van der Waals surface area contributed by atoms with E-state index in [0.29, 0.717) is 34.1 Å². The average molecular weight is 341 g/mol. The van der Waals surface area contributed by atoms with Crippen molar-refractivity contribution in [3.63, 3.8) is 0 Å². The molecule has 3 aromatic carbocycles. The molecule has 0 atom stereocenters. The Morgan fingerprint density at radius 1 is 0.958 bits per heavy atom. The van der Waals surface area contributed by atoms with Gasteiger partial charge in [0, 0.05) is 21.7 Å². The van der Waals surface area contributed by atoms with Crippen LogP contribution in [0.15, 0.2) is 66.7 Å². The lowest BCUT2D eigenvalue weighted by Gasteiger charge is -2.14. The molecule has 24 heavy (non-hydrogen) atoms. The van der Waals surface area contributed by atoms with E-state index in [9.17, 15) is 9.18 Å². The summed E-state index contributed by atoms with van der Waals surface area (Å²) in [6, 6.07) is 18.8. The maximum absolute atomic E-state index is 13.6. The first-order valence-corrected chi connectivity index (χ1v) is 7.76. The third-order valence-electron chi connectivity index (χ3n) is 3.60. The molecule has 0 bridgehead atoms. The Morgan fingerprint density at radius 3 is 2.50 bits per heavy atom. The summed E-state index contributed by atoms with van der Waals surface area (Å²) in [6.45, 7) is 0.362. The molecule has 0 N–H and O–H groups in total. The van der Waals surface area contributed by atoms with Gasteiger partial charge in [-0.15, -0.1) is 0 Å². The molecule has 3 rings (SSSR count). The topological polar surface area (TPSA) is 26.3 Å². The second-order valence-corrected chi connectivity index (χ2v) is 5.68. The van der Waals surface area contributed by atoms with Gasteiger partial charge >= 0.3 is 0 Å². The van der Waals surface area contributed by atoms with E-state index in [1.807, 2.05) is 30.3 Å². The number of ether oxygens (including phenoxy) is 1. The minimum Gasteiger partial charge on any atom is -0.488 e. The monoisotopic (exact) mass is 340 g/mol. The lowest BCUT2D eigenvalue weighted by atomic mass is 10.0. The van der Waals surface area contributed by atoms with E-state index in [0.717, 1.165) is 11.8 Å². The molecule has 0 amide bonds. The van der Waals surface area contributed by atoms with E-state index < -0.39 is 5.82 Å². The molecule has 0 saturated carbocycles. The fourth-order valence-corrected chi connectivity index (χ4v) is 2.62. The SMILES string of the molecule is O=Cc1ccc(OCc2ccccc2)c(-c2cc(F)ccc2Cl)c1. The molecule has 0 aliphatic heterocycles. The number of halogens is 2. The number of rotatable bonds is 5. The number of benzene rings is 3. The number of carbonyl (C=O) groups is 1. The van der Waals surface area contributed by atoms with Crippen LogP contribution in [0.1, 0.15) is 15.9 Å². The highest BCUT2D eigenvalue weighted by Crippen LogP contribution is 2.36. The summed E-state index contributed by atoms with van der Waals surface area (Å²) >= 11 is 6.20. The van der Waals surface area contributed by atoms with Crippen molar-refractivity contribution in [2.75, 3.05) is 0 Å². The quantitative estimate of drug-likeness (QED) is 0.570. The van der Waals surface area contributed by atoms with E-state index in [4.69, 9.17) is 16.3 Å². The predicted molar refractivity (Wildman–Crippen MR) is 93.0 cm³/mol. The van der Waals surface area contributed by atoms with Crippen LogP contribution in [0.2, 0.25) is 5.02 Å². The predicted octanol–water partition coefficient (Wildman–Crippen LogP) is 5.54. The summed E-state index contributed by atoms with van der Waals surface area (Å²) in [7, 11) is 0. The normalized spacial score (nSPS) is 10.4. The zero-order chi connectivity index (χ0) is 16.9. The van der Waals surface area contributed by atoms with Crippen LogP contribution in [0.4, 0.5) is 4.39 Å². The van der Waals surface area contributed by atoms with E-state index in [1.54, 1.807) is 18.2 Å². The molecule has 0 heterocycles. The van der Waals surface area contributed by atoms with Crippen molar-refractivity contribution < 1.29 is 13.9 Å². The van der Waals surface area contributed by atoms with E-state index in [1.165, 1.54) is 18.2 Å². The minimum absolute atomic E-state index is 0.362. The van der Waals surface area contributed by atoms with E-state index >= 15 is 0 Å². The van der Waals surface area contributed by atoms with Crippen molar-refractivity contribution in [1.82, 2.24) is 0 Å². The zero-order valence-electron chi connectivity index (χ0n) is 12.7. The van der Waals surface area contributed by atoms with E-state index in [-0.39, 0.29) is 0 Å². The van der Waals surface area contributed by atoms with Gasteiger partial charge in [0.25, 0.3) is 0 Å². The first kappa shape index (κ1) is 16.2. The fraction of sp³-hybridized carbons (Fsp3) is 0.0500. The number of hydrogen-bond acceptors (Lipinski definition) is 2. The molecule has 0 aliphatic rings. The molecule has 0 spiro atoms. The second kappa shape index (κ2) is 7.28. The third-order valence-corrected chi connectivity index (χ3v) is 3.93. The van der Waals surface area contributed by atoms with Crippen molar-refractivity contribution >= 4 is 17.9 Å². The van der Waals surface area contributed by atoms with Gasteiger partial charge in [-0.1, -0.05) is 41.9 Å². The van der Waals surface area contributed by atoms with Crippen LogP contribution in [0.5, 0.6) is 5.75 Å². The molecular formula is C20H14ClFO2. The van der Waals surface area contributed by atoms with Crippen LogP contribution in [0, 0.1) is 5.82 Å². The fourth-order valence-electron chi connectivity index (χ4n) is 2.40. The highest BCUT2D eigenvalue weighted by atomic mass is 35.5. The highest BCUT2D eigenvalue weighted by molar-refractivity contribution is 6.33. The number of carbonyl (C=O) groups excluding carboxylic acids is 1. The molecule has 0 unspecified atom stereocenters. The van der Waals surface area contributed by atoms with Gasteiger partial charge in [0.05, 0.1) is 0 Å². The van der Waals surface area contributed by atoms with Gasteiger partial charge in [-0.05, 0) is 42.0 Å².